The van der Waals surface area contributed by atoms with Gasteiger partial charge in [-0.25, -0.2) is 9.97 Å². The fourth-order valence-electron chi connectivity index (χ4n) is 4.01. The minimum Gasteiger partial charge on any atom is -0.476 e. The van der Waals surface area contributed by atoms with Crippen molar-refractivity contribution in [3.05, 3.63) is 78.5 Å². The zero-order chi connectivity index (χ0) is 25.0. The van der Waals surface area contributed by atoms with Crippen LogP contribution in [-0.4, -0.2) is 29.7 Å². The Morgan fingerprint density at radius 2 is 1.53 bits per heavy atom. The molecule has 1 aliphatic heterocycles. The van der Waals surface area contributed by atoms with Crippen molar-refractivity contribution in [2.24, 2.45) is 5.92 Å². The van der Waals surface area contributed by atoms with Gasteiger partial charge in [0, 0.05) is 11.4 Å². The Balaban J connectivity index is 1.21. The molecule has 1 aromatic heterocycles. The molecule has 5 rings (SSSR count). The molecule has 0 saturated carbocycles. The Bertz CT molecular complexity index is 1310. The van der Waals surface area contributed by atoms with Crippen LogP contribution in [-0.2, 0) is 6.18 Å². The van der Waals surface area contributed by atoms with Crippen molar-refractivity contribution in [3.8, 4) is 17.4 Å². The van der Waals surface area contributed by atoms with Crippen LogP contribution < -0.4 is 20.1 Å². The Morgan fingerprint density at radius 1 is 0.861 bits per heavy atom. The van der Waals surface area contributed by atoms with Gasteiger partial charge in [-0.1, -0.05) is 0 Å². The highest BCUT2D eigenvalue weighted by Crippen LogP contribution is 2.32. The van der Waals surface area contributed by atoms with E-state index >= 15 is 0 Å². The van der Waals surface area contributed by atoms with E-state index in [1.807, 2.05) is 30.3 Å². The van der Waals surface area contributed by atoms with Crippen LogP contribution in [0.15, 0.2) is 72.9 Å². The second kappa shape index (κ2) is 10.4. The number of fused-ring (bicyclic) bond motifs is 1. The highest BCUT2D eigenvalue weighted by molar-refractivity contribution is 5.80. The molecule has 0 amide bonds. The van der Waals surface area contributed by atoms with Gasteiger partial charge >= 0.3 is 6.18 Å². The number of benzene rings is 3. The molecule has 0 radical (unpaired) electrons. The molecule has 9 heteroatoms. The lowest BCUT2D eigenvalue weighted by Gasteiger charge is -2.22. The van der Waals surface area contributed by atoms with E-state index in [-0.39, 0.29) is 0 Å². The largest absolute Gasteiger partial charge is 0.476 e. The summed E-state index contributed by atoms with van der Waals surface area (Å²) >= 11 is 0. The van der Waals surface area contributed by atoms with Crippen LogP contribution >= 0.6 is 0 Å². The average molecular weight is 495 g/mol. The molecule has 186 valence electrons. The Labute approximate surface area is 206 Å². The third-order valence-corrected chi connectivity index (χ3v) is 6.01. The van der Waals surface area contributed by atoms with Gasteiger partial charge < -0.3 is 20.1 Å². The van der Waals surface area contributed by atoms with E-state index in [4.69, 9.17) is 9.47 Å². The molecule has 1 saturated heterocycles. The summed E-state index contributed by atoms with van der Waals surface area (Å²) in [5.74, 6) is 1.89. The normalized spacial score (nSPS) is 14.5. The standard InChI is InChI=1S/C27H25F3N4O2/c28-27(29,30)19-1-6-22(7-2-19)36-23-8-3-20(4-9-23)33-21-5-10-24-25(15-21)34-26(16-32-24)35-17-18-11-13-31-14-12-18/h1-10,15-16,18,31,33H,11-14,17H2. The van der Waals surface area contributed by atoms with Gasteiger partial charge in [0.2, 0.25) is 5.88 Å². The second-order valence-corrected chi connectivity index (χ2v) is 8.69. The first-order valence-electron chi connectivity index (χ1n) is 11.7. The molecule has 3 aromatic carbocycles. The molecular formula is C27H25F3N4O2. The lowest BCUT2D eigenvalue weighted by molar-refractivity contribution is -0.137. The van der Waals surface area contributed by atoms with Crippen LogP contribution in [0.2, 0.25) is 0 Å². The lowest BCUT2D eigenvalue weighted by Crippen LogP contribution is -2.30. The summed E-state index contributed by atoms with van der Waals surface area (Å²) in [6.45, 7) is 2.68. The molecule has 2 N–H and O–H groups in total. The van der Waals surface area contributed by atoms with E-state index in [1.165, 1.54) is 12.1 Å². The number of nitrogens with one attached hydrogen (secondary N) is 2. The van der Waals surface area contributed by atoms with Gasteiger partial charge in [-0.05, 0) is 98.6 Å². The fourth-order valence-corrected chi connectivity index (χ4v) is 4.01. The zero-order valence-electron chi connectivity index (χ0n) is 19.4. The number of anilines is 2. The van der Waals surface area contributed by atoms with E-state index in [0.717, 1.165) is 60.5 Å². The number of hydrogen-bond acceptors (Lipinski definition) is 6. The summed E-state index contributed by atoms with van der Waals surface area (Å²) in [6.07, 6.45) is -0.514. The predicted octanol–water partition coefficient (Wildman–Crippen LogP) is 6.56. The first kappa shape index (κ1) is 23.9. The van der Waals surface area contributed by atoms with Crippen LogP contribution in [0.25, 0.3) is 11.0 Å². The van der Waals surface area contributed by atoms with Crippen molar-refractivity contribution in [3.63, 3.8) is 0 Å². The summed E-state index contributed by atoms with van der Waals surface area (Å²) in [4.78, 5) is 9.07. The first-order chi connectivity index (χ1) is 17.4. The summed E-state index contributed by atoms with van der Waals surface area (Å²) in [6, 6.07) is 17.5. The molecule has 1 aliphatic rings. The van der Waals surface area contributed by atoms with Crippen LogP contribution in [0.5, 0.6) is 17.4 Å². The first-order valence-corrected chi connectivity index (χ1v) is 11.7. The van der Waals surface area contributed by atoms with Gasteiger partial charge in [-0.15, -0.1) is 0 Å². The van der Waals surface area contributed by atoms with Crippen LogP contribution in [0, 0.1) is 5.92 Å². The van der Waals surface area contributed by atoms with E-state index in [0.29, 0.717) is 29.9 Å². The third-order valence-electron chi connectivity index (χ3n) is 6.01. The fraction of sp³-hybridized carbons (Fsp3) is 0.259. The summed E-state index contributed by atoms with van der Waals surface area (Å²) < 4.78 is 49.7. The number of rotatable bonds is 7. The molecule has 6 nitrogen and oxygen atoms in total. The van der Waals surface area contributed by atoms with Crippen molar-refractivity contribution >= 4 is 22.4 Å². The SMILES string of the molecule is FC(F)(F)c1ccc(Oc2ccc(Nc3ccc4ncc(OCC5CCNCC5)nc4c3)cc2)cc1. The van der Waals surface area contributed by atoms with Crippen LogP contribution in [0.1, 0.15) is 18.4 Å². The van der Waals surface area contributed by atoms with Crippen molar-refractivity contribution in [2.45, 2.75) is 19.0 Å². The Hall–Kier alpha value is -3.85. The number of nitrogens with zero attached hydrogens (tertiary/aromatic N) is 2. The minimum absolute atomic E-state index is 0.329. The van der Waals surface area contributed by atoms with Crippen LogP contribution in [0.4, 0.5) is 24.5 Å². The number of halogens is 3. The Morgan fingerprint density at radius 3 is 2.22 bits per heavy atom. The molecule has 0 unspecified atom stereocenters. The smallest absolute Gasteiger partial charge is 0.416 e. The van der Waals surface area contributed by atoms with Crippen molar-refractivity contribution in [1.82, 2.24) is 15.3 Å². The van der Waals surface area contributed by atoms with E-state index in [2.05, 4.69) is 20.6 Å². The van der Waals surface area contributed by atoms with Crippen molar-refractivity contribution < 1.29 is 22.6 Å². The van der Waals surface area contributed by atoms with Crippen LogP contribution in [0.3, 0.4) is 0 Å². The molecule has 36 heavy (non-hydrogen) atoms. The maximum absolute atomic E-state index is 12.7. The number of alkyl halides is 3. The van der Waals surface area contributed by atoms with Gasteiger partial charge in [0.25, 0.3) is 0 Å². The molecule has 0 bridgehead atoms. The number of piperidine rings is 1. The van der Waals surface area contributed by atoms with Gasteiger partial charge in [-0.2, -0.15) is 13.2 Å². The van der Waals surface area contributed by atoms with Gasteiger partial charge in [0.1, 0.15) is 11.5 Å². The van der Waals surface area contributed by atoms with Crippen molar-refractivity contribution in [1.29, 1.82) is 0 Å². The highest BCUT2D eigenvalue weighted by Gasteiger charge is 2.30. The zero-order valence-corrected chi connectivity index (χ0v) is 19.4. The molecule has 4 aromatic rings. The topological polar surface area (TPSA) is 68.3 Å². The molecule has 0 spiro atoms. The van der Waals surface area contributed by atoms with Gasteiger partial charge in [-0.3, -0.25) is 0 Å². The number of aromatic nitrogens is 2. The lowest BCUT2D eigenvalue weighted by atomic mass is 9.99. The van der Waals surface area contributed by atoms with Gasteiger partial charge in [0.15, 0.2) is 0 Å². The Kier molecular flexibility index (Phi) is 6.90. The molecule has 2 heterocycles. The molecule has 1 fully saturated rings. The van der Waals surface area contributed by atoms with E-state index in [9.17, 15) is 13.2 Å². The maximum Gasteiger partial charge on any atom is 0.416 e. The highest BCUT2D eigenvalue weighted by atomic mass is 19.4. The van der Waals surface area contributed by atoms with Crippen molar-refractivity contribution in [2.75, 3.05) is 25.0 Å². The molecular weight excluding hydrogens is 469 g/mol. The monoisotopic (exact) mass is 494 g/mol. The van der Waals surface area contributed by atoms with Gasteiger partial charge in [0.05, 0.1) is 29.4 Å². The van der Waals surface area contributed by atoms with E-state index < -0.39 is 11.7 Å². The molecule has 0 aliphatic carbocycles. The summed E-state index contributed by atoms with van der Waals surface area (Å²) in [7, 11) is 0. The summed E-state index contributed by atoms with van der Waals surface area (Å²) in [5, 5.41) is 6.67. The average Bonchev–Trinajstić information content (AvgIpc) is 2.89. The number of hydrogen-bond donors (Lipinski definition) is 2. The quantitative estimate of drug-likeness (QED) is 0.303. The number of ether oxygens (including phenoxy) is 2. The van der Waals surface area contributed by atoms with E-state index in [1.54, 1.807) is 18.3 Å². The predicted molar refractivity (Wildman–Crippen MR) is 132 cm³/mol. The maximum atomic E-state index is 12.7. The molecule has 0 atom stereocenters. The third kappa shape index (κ3) is 6.04. The second-order valence-electron chi connectivity index (χ2n) is 8.69. The minimum atomic E-state index is -4.37. The summed E-state index contributed by atoms with van der Waals surface area (Å²) in [5.41, 5.74) is 2.44.